The fourth-order valence-electron chi connectivity index (χ4n) is 1.59. The molecule has 1 aromatic rings. The van der Waals surface area contributed by atoms with E-state index in [1.54, 1.807) is 0 Å². The second-order valence-corrected chi connectivity index (χ2v) is 3.62. The van der Waals surface area contributed by atoms with Crippen LogP contribution in [0.5, 0.6) is 0 Å². The van der Waals surface area contributed by atoms with Crippen molar-refractivity contribution in [3.8, 4) is 6.07 Å². The Hall–Kier alpha value is -2.17. The summed E-state index contributed by atoms with van der Waals surface area (Å²) in [5, 5.41) is 8.65. The number of carbonyl (C=O) groups excluding carboxylic acids is 1. The van der Waals surface area contributed by atoms with Gasteiger partial charge in [0.15, 0.2) is 0 Å². The normalized spacial score (nSPS) is 11.3. The van der Waals surface area contributed by atoms with Crippen LogP contribution in [0.3, 0.4) is 0 Å². The molecule has 0 spiro atoms. The van der Waals surface area contributed by atoms with Crippen molar-refractivity contribution in [3.63, 3.8) is 0 Å². The Morgan fingerprint density at radius 2 is 2.00 bits per heavy atom. The van der Waals surface area contributed by atoms with Gasteiger partial charge in [-0.3, -0.25) is 0 Å². The zero-order valence-electron chi connectivity index (χ0n) is 10.1. The summed E-state index contributed by atoms with van der Waals surface area (Å²) in [5.74, 6) is -1.40. The number of benzene rings is 1. The Kier molecular flexibility index (Phi) is 4.65. The van der Waals surface area contributed by atoms with Gasteiger partial charge in [-0.15, -0.1) is 0 Å². The molecule has 0 aromatic heterocycles. The fraction of sp³-hybridized carbons (Fsp3) is 0.333. The number of ether oxygens (including phenoxy) is 1. The highest BCUT2D eigenvalue weighted by atomic mass is 19.4. The smallest absolute Gasteiger partial charge is 0.417 e. The van der Waals surface area contributed by atoms with E-state index in [0.717, 1.165) is 0 Å². The average Bonchev–Trinajstić information content (AvgIpc) is 2.36. The second-order valence-electron chi connectivity index (χ2n) is 3.62. The molecule has 20 heavy (non-hydrogen) atoms. The van der Waals surface area contributed by atoms with E-state index in [4.69, 9.17) is 5.26 Å². The molecule has 0 radical (unpaired) electrons. The van der Waals surface area contributed by atoms with Gasteiger partial charge in [-0.1, -0.05) is 0 Å². The van der Waals surface area contributed by atoms with E-state index in [2.05, 4.69) is 4.74 Å². The summed E-state index contributed by atoms with van der Waals surface area (Å²) in [6.45, 7) is 1.13. The summed E-state index contributed by atoms with van der Waals surface area (Å²) in [6, 6.07) is 2.43. The lowest BCUT2D eigenvalue weighted by atomic mass is 9.97. The van der Waals surface area contributed by atoms with Crippen molar-refractivity contribution in [2.24, 2.45) is 0 Å². The number of esters is 1. The third-order valence-electron chi connectivity index (χ3n) is 2.31. The van der Waals surface area contributed by atoms with Crippen LogP contribution >= 0.6 is 0 Å². The van der Waals surface area contributed by atoms with Gasteiger partial charge >= 0.3 is 12.1 Å². The first kappa shape index (κ1) is 15.9. The second kappa shape index (κ2) is 5.86. The number of halogens is 5. The van der Waals surface area contributed by atoms with Gasteiger partial charge in [0.1, 0.15) is 0 Å². The summed E-state index contributed by atoms with van der Waals surface area (Å²) in [7, 11) is 0. The maximum Gasteiger partial charge on any atom is 0.417 e. The molecule has 0 bridgehead atoms. The maximum absolute atomic E-state index is 12.9. The SMILES string of the molecule is CCOC(=O)c1cc(C#N)cc(C(F)F)c1C(F)(F)F. The Balaban J connectivity index is 3.66. The first-order valence-electron chi connectivity index (χ1n) is 5.32. The molecular weight excluding hydrogens is 285 g/mol. The van der Waals surface area contributed by atoms with Crippen LogP contribution in [0.25, 0.3) is 0 Å². The van der Waals surface area contributed by atoms with Crippen molar-refractivity contribution in [2.75, 3.05) is 6.61 Å². The van der Waals surface area contributed by atoms with Crippen LogP contribution < -0.4 is 0 Å². The number of alkyl halides is 5. The van der Waals surface area contributed by atoms with E-state index in [1.165, 1.54) is 13.0 Å². The summed E-state index contributed by atoms with van der Waals surface area (Å²) >= 11 is 0. The van der Waals surface area contributed by atoms with Crippen LogP contribution in [0.2, 0.25) is 0 Å². The van der Waals surface area contributed by atoms with Crippen molar-refractivity contribution in [1.82, 2.24) is 0 Å². The summed E-state index contributed by atoms with van der Waals surface area (Å²) in [5.41, 5.74) is -4.75. The molecule has 0 amide bonds. The molecule has 1 aromatic carbocycles. The van der Waals surface area contributed by atoms with E-state index in [-0.39, 0.29) is 6.61 Å². The third-order valence-corrected chi connectivity index (χ3v) is 2.31. The van der Waals surface area contributed by atoms with Crippen molar-refractivity contribution in [3.05, 3.63) is 34.4 Å². The highest BCUT2D eigenvalue weighted by Gasteiger charge is 2.40. The van der Waals surface area contributed by atoms with Crippen molar-refractivity contribution < 1.29 is 31.5 Å². The van der Waals surface area contributed by atoms with E-state index in [1.807, 2.05) is 0 Å². The molecule has 0 fully saturated rings. The van der Waals surface area contributed by atoms with Gasteiger partial charge < -0.3 is 4.74 Å². The summed E-state index contributed by atoms with van der Waals surface area (Å²) in [4.78, 5) is 11.5. The zero-order valence-corrected chi connectivity index (χ0v) is 10.1. The van der Waals surface area contributed by atoms with E-state index in [9.17, 15) is 26.7 Å². The largest absolute Gasteiger partial charge is 0.462 e. The van der Waals surface area contributed by atoms with E-state index in [0.29, 0.717) is 12.1 Å². The number of carbonyl (C=O) groups is 1. The fourth-order valence-corrected chi connectivity index (χ4v) is 1.59. The minimum absolute atomic E-state index is 0.225. The molecule has 0 N–H and O–H groups in total. The van der Waals surface area contributed by atoms with Crippen LogP contribution in [-0.4, -0.2) is 12.6 Å². The van der Waals surface area contributed by atoms with Crippen LogP contribution in [0.15, 0.2) is 12.1 Å². The van der Waals surface area contributed by atoms with Gasteiger partial charge in [0.05, 0.1) is 29.4 Å². The van der Waals surface area contributed by atoms with Crippen molar-refractivity contribution in [1.29, 1.82) is 5.26 Å². The molecule has 0 aliphatic carbocycles. The number of rotatable bonds is 3. The van der Waals surface area contributed by atoms with Crippen LogP contribution in [-0.2, 0) is 10.9 Å². The van der Waals surface area contributed by atoms with Gasteiger partial charge in [-0.25, -0.2) is 13.6 Å². The molecule has 0 unspecified atom stereocenters. The van der Waals surface area contributed by atoms with E-state index < -0.39 is 40.8 Å². The Morgan fingerprint density at radius 3 is 2.40 bits per heavy atom. The van der Waals surface area contributed by atoms with Crippen LogP contribution in [0.4, 0.5) is 22.0 Å². The molecule has 0 aliphatic rings. The van der Waals surface area contributed by atoms with Gasteiger partial charge in [0, 0.05) is 5.56 Å². The minimum atomic E-state index is -5.16. The van der Waals surface area contributed by atoms with Crippen molar-refractivity contribution in [2.45, 2.75) is 19.5 Å². The Bertz CT molecular complexity index is 560. The number of nitrogens with zero attached hydrogens (tertiary/aromatic N) is 1. The lowest BCUT2D eigenvalue weighted by Gasteiger charge is -2.16. The molecule has 0 saturated carbocycles. The molecule has 1 rings (SSSR count). The number of hydrogen-bond acceptors (Lipinski definition) is 3. The Morgan fingerprint density at radius 1 is 1.40 bits per heavy atom. The van der Waals surface area contributed by atoms with Crippen molar-refractivity contribution >= 4 is 5.97 Å². The highest BCUT2D eigenvalue weighted by molar-refractivity contribution is 5.92. The summed E-state index contributed by atoms with van der Waals surface area (Å²) < 4.78 is 68.5. The van der Waals surface area contributed by atoms with Gasteiger partial charge in [-0.05, 0) is 19.1 Å². The van der Waals surface area contributed by atoms with Gasteiger partial charge in [-0.2, -0.15) is 18.4 Å². The van der Waals surface area contributed by atoms with Gasteiger partial charge in [0.2, 0.25) is 0 Å². The molecule has 0 heterocycles. The standard InChI is InChI=1S/C12H8F5NO2/c1-2-20-11(19)8-4-6(5-18)3-7(10(13)14)9(8)12(15,16)17/h3-4,10H,2H2,1H3. The zero-order chi connectivity index (χ0) is 15.5. The topological polar surface area (TPSA) is 50.1 Å². The van der Waals surface area contributed by atoms with Crippen LogP contribution in [0.1, 0.15) is 40.4 Å². The first-order valence-corrected chi connectivity index (χ1v) is 5.32. The number of hydrogen-bond donors (Lipinski definition) is 0. The molecule has 3 nitrogen and oxygen atoms in total. The molecule has 0 saturated heterocycles. The lowest BCUT2D eigenvalue weighted by molar-refractivity contribution is -0.140. The molecule has 108 valence electrons. The number of nitriles is 1. The van der Waals surface area contributed by atoms with E-state index >= 15 is 0 Å². The molecular formula is C12H8F5NO2. The predicted octanol–water partition coefficient (Wildman–Crippen LogP) is 3.69. The average molecular weight is 293 g/mol. The third kappa shape index (κ3) is 3.23. The summed E-state index contributed by atoms with van der Waals surface area (Å²) in [6.07, 6.45) is -8.64. The first-order chi connectivity index (χ1) is 9.22. The Labute approximate surface area is 110 Å². The van der Waals surface area contributed by atoms with Gasteiger partial charge in [0.25, 0.3) is 6.43 Å². The maximum atomic E-state index is 12.9. The predicted molar refractivity (Wildman–Crippen MR) is 57.1 cm³/mol. The minimum Gasteiger partial charge on any atom is -0.462 e. The molecule has 8 heteroatoms. The quantitative estimate of drug-likeness (QED) is 0.631. The monoisotopic (exact) mass is 293 g/mol. The molecule has 0 aliphatic heterocycles. The highest BCUT2D eigenvalue weighted by Crippen LogP contribution is 2.39. The molecule has 0 atom stereocenters. The lowest BCUT2D eigenvalue weighted by Crippen LogP contribution is -2.18. The van der Waals surface area contributed by atoms with Crippen LogP contribution in [0, 0.1) is 11.3 Å².